The molecule has 0 spiro atoms. The third-order valence-corrected chi connectivity index (χ3v) is 5.39. The fraction of sp³-hybridized carbons (Fsp3) is 0.273. The van der Waals surface area contributed by atoms with Crippen molar-refractivity contribution in [2.75, 3.05) is 6.54 Å². The molecular weight excluding hydrogens is 380 g/mol. The van der Waals surface area contributed by atoms with Crippen LogP contribution in [0.3, 0.4) is 0 Å². The quantitative estimate of drug-likeness (QED) is 0.635. The highest BCUT2D eigenvalue weighted by molar-refractivity contribution is 5.93. The average Bonchev–Trinajstić information content (AvgIpc) is 3.35. The molecule has 1 aliphatic rings. The molecule has 0 bridgehead atoms. The molecule has 1 saturated heterocycles. The molecule has 4 rings (SSSR count). The molecule has 2 unspecified atom stereocenters. The first-order valence-corrected chi connectivity index (χ1v) is 9.76. The number of hydrogen-bond acceptors (Lipinski definition) is 6. The zero-order valence-electron chi connectivity index (χ0n) is 16.7. The van der Waals surface area contributed by atoms with Crippen molar-refractivity contribution in [3.8, 4) is 28.9 Å². The molecule has 1 aliphatic heterocycles. The SMILES string of the molecule is CC1CN(C#N)C(C)[C@@H]1NC(=O)c1cc(-c2ccncc2Oc2ccccc2)n[nH]1. The lowest BCUT2D eigenvalue weighted by atomic mass is 10.0. The van der Waals surface area contributed by atoms with Crippen molar-refractivity contribution < 1.29 is 9.53 Å². The monoisotopic (exact) mass is 402 g/mol. The zero-order valence-corrected chi connectivity index (χ0v) is 16.7. The lowest BCUT2D eigenvalue weighted by molar-refractivity contribution is 0.0918. The number of hydrogen-bond donors (Lipinski definition) is 2. The zero-order chi connectivity index (χ0) is 21.1. The highest BCUT2D eigenvalue weighted by Crippen LogP contribution is 2.31. The van der Waals surface area contributed by atoms with Gasteiger partial charge in [-0.15, -0.1) is 0 Å². The summed E-state index contributed by atoms with van der Waals surface area (Å²) < 4.78 is 5.94. The molecule has 1 aromatic carbocycles. The number of benzene rings is 1. The van der Waals surface area contributed by atoms with Crippen LogP contribution in [0.2, 0.25) is 0 Å². The van der Waals surface area contributed by atoms with Gasteiger partial charge in [0.2, 0.25) is 0 Å². The van der Waals surface area contributed by atoms with E-state index in [-0.39, 0.29) is 23.9 Å². The minimum atomic E-state index is -0.253. The predicted molar refractivity (Wildman–Crippen MR) is 111 cm³/mol. The van der Waals surface area contributed by atoms with E-state index < -0.39 is 0 Å². The van der Waals surface area contributed by atoms with Crippen LogP contribution in [0.15, 0.2) is 54.9 Å². The van der Waals surface area contributed by atoms with Crippen LogP contribution in [-0.2, 0) is 0 Å². The largest absolute Gasteiger partial charge is 0.455 e. The van der Waals surface area contributed by atoms with Gasteiger partial charge in [-0.25, -0.2) is 0 Å². The Hall–Kier alpha value is -3.86. The summed E-state index contributed by atoms with van der Waals surface area (Å²) in [5, 5.41) is 19.4. The van der Waals surface area contributed by atoms with E-state index in [1.807, 2.05) is 44.2 Å². The molecule has 1 fully saturated rings. The maximum atomic E-state index is 12.8. The van der Waals surface area contributed by atoms with Gasteiger partial charge in [-0.05, 0) is 37.1 Å². The summed E-state index contributed by atoms with van der Waals surface area (Å²) in [7, 11) is 0. The number of rotatable bonds is 5. The number of likely N-dealkylation sites (tertiary alicyclic amines) is 1. The van der Waals surface area contributed by atoms with E-state index in [2.05, 4.69) is 26.7 Å². The van der Waals surface area contributed by atoms with Crippen LogP contribution in [0.4, 0.5) is 0 Å². The second-order valence-electron chi connectivity index (χ2n) is 7.42. The number of para-hydroxylation sites is 1. The van der Waals surface area contributed by atoms with Gasteiger partial charge in [0.1, 0.15) is 11.4 Å². The molecule has 3 aromatic rings. The number of amides is 1. The Labute approximate surface area is 174 Å². The number of H-pyrrole nitrogens is 1. The lowest BCUT2D eigenvalue weighted by Crippen LogP contribution is -2.44. The van der Waals surface area contributed by atoms with Gasteiger partial charge in [0, 0.05) is 18.3 Å². The Morgan fingerprint density at radius 3 is 2.83 bits per heavy atom. The topological polar surface area (TPSA) is 107 Å². The first-order chi connectivity index (χ1) is 14.6. The summed E-state index contributed by atoms with van der Waals surface area (Å²) in [4.78, 5) is 18.6. The Morgan fingerprint density at radius 1 is 1.30 bits per heavy atom. The van der Waals surface area contributed by atoms with E-state index in [0.29, 0.717) is 29.4 Å². The number of aromatic nitrogens is 3. The fourth-order valence-corrected chi connectivity index (χ4v) is 3.75. The normalized spacial score (nSPS) is 20.6. The molecule has 8 heteroatoms. The second-order valence-corrected chi connectivity index (χ2v) is 7.42. The molecule has 1 amide bonds. The van der Waals surface area contributed by atoms with Gasteiger partial charge >= 0.3 is 0 Å². The first kappa shape index (κ1) is 19.5. The summed E-state index contributed by atoms with van der Waals surface area (Å²) in [5.41, 5.74) is 1.66. The van der Waals surface area contributed by atoms with Gasteiger partial charge in [0.15, 0.2) is 11.9 Å². The maximum absolute atomic E-state index is 12.8. The molecule has 2 aromatic heterocycles. The molecule has 8 nitrogen and oxygen atoms in total. The summed E-state index contributed by atoms with van der Waals surface area (Å²) >= 11 is 0. The van der Waals surface area contributed by atoms with E-state index in [0.717, 1.165) is 5.56 Å². The maximum Gasteiger partial charge on any atom is 0.269 e. The summed E-state index contributed by atoms with van der Waals surface area (Å²) in [6, 6.07) is 12.7. The van der Waals surface area contributed by atoms with Crippen LogP contribution in [0.1, 0.15) is 24.3 Å². The van der Waals surface area contributed by atoms with E-state index in [1.165, 1.54) is 0 Å². The van der Waals surface area contributed by atoms with E-state index in [9.17, 15) is 10.1 Å². The smallest absolute Gasteiger partial charge is 0.269 e. The summed E-state index contributed by atoms with van der Waals surface area (Å²) in [6.07, 6.45) is 5.45. The molecule has 152 valence electrons. The number of nitrogens with one attached hydrogen (secondary N) is 2. The number of nitrogens with zero attached hydrogens (tertiary/aromatic N) is 4. The fourth-order valence-electron chi connectivity index (χ4n) is 3.75. The van der Waals surface area contributed by atoms with Crippen LogP contribution in [0, 0.1) is 17.4 Å². The standard InChI is InChI=1S/C22H22N6O2/c1-14-12-28(13-23)15(2)21(14)25-22(29)19-10-18(26-27-19)17-8-9-24-11-20(17)30-16-6-4-3-5-7-16/h3-11,14-15,21H,12H2,1-2H3,(H,25,29)(H,26,27)/t14?,15?,21-/m1/s1. The molecule has 0 aliphatic carbocycles. The molecule has 0 saturated carbocycles. The molecule has 2 N–H and O–H groups in total. The van der Waals surface area contributed by atoms with Gasteiger partial charge < -0.3 is 15.0 Å². The number of carbonyl (C=O) groups excluding carboxylic acids is 1. The molecular formula is C22H22N6O2. The van der Waals surface area contributed by atoms with Crippen LogP contribution in [0.25, 0.3) is 11.3 Å². The van der Waals surface area contributed by atoms with Crippen molar-refractivity contribution >= 4 is 5.91 Å². The number of aromatic amines is 1. The number of carbonyl (C=O) groups is 1. The van der Waals surface area contributed by atoms with Gasteiger partial charge in [0.25, 0.3) is 5.91 Å². The third kappa shape index (κ3) is 3.82. The Bertz CT molecular complexity index is 1070. The van der Waals surface area contributed by atoms with Crippen molar-refractivity contribution in [3.05, 3.63) is 60.6 Å². The lowest BCUT2D eigenvalue weighted by Gasteiger charge is -2.21. The summed E-state index contributed by atoms with van der Waals surface area (Å²) in [6.45, 7) is 4.61. The van der Waals surface area contributed by atoms with Crippen LogP contribution in [-0.4, -0.2) is 44.6 Å². The highest BCUT2D eigenvalue weighted by Gasteiger charge is 2.37. The Balaban J connectivity index is 1.52. The molecule has 3 atom stereocenters. The van der Waals surface area contributed by atoms with Crippen molar-refractivity contribution in [2.45, 2.75) is 25.9 Å². The van der Waals surface area contributed by atoms with Crippen molar-refractivity contribution in [3.63, 3.8) is 0 Å². The van der Waals surface area contributed by atoms with E-state index in [1.54, 1.807) is 29.4 Å². The third-order valence-electron chi connectivity index (χ3n) is 5.39. The van der Waals surface area contributed by atoms with Crippen molar-refractivity contribution in [2.24, 2.45) is 5.92 Å². The molecule has 3 heterocycles. The second kappa shape index (κ2) is 8.25. The van der Waals surface area contributed by atoms with Crippen LogP contribution in [0.5, 0.6) is 11.5 Å². The van der Waals surface area contributed by atoms with Crippen LogP contribution >= 0.6 is 0 Å². The van der Waals surface area contributed by atoms with E-state index >= 15 is 0 Å². The average molecular weight is 402 g/mol. The molecule has 0 radical (unpaired) electrons. The minimum Gasteiger partial charge on any atom is -0.455 e. The Morgan fingerprint density at radius 2 is 2.10 bits per heavy atom. The van der Waals surface area contributed by atoms with Gasteiger partial charge in [0.05, 0.1) is 24.0 Å². The number of ether oxygens (including phenoxy) is 1. The van der Waals surface area contributed by atoms with Crippen molar-refractivity contribution in [1.82, 2.24) is 25.4 Å². The first-order valence-electron chi connectivity index (χ1n) is 9.76. The summed E-state index contributed by atoms with van der Waals surface area (Å²) in [5.74, 6) is 1.16. The van der Waals surface area contributed by atoms with Crippen molar-refractivity contribution in [1.29, 1.82) is 5.26 Å². The minimum absolute atomic E-state index is 0.0533. The molecule has 30 heavy (non-hydrogen) atoms. The van der Waals surface area contributed by atoms with Gasteiger partial charge in [-0.3, -0.25) is 14.9 Å². The predicted octanol–water partition coefficient (Wildman–Crippen LogP) is 3.18. The number of nitriles is 1. The number of pyridine rings is 1. The van der Waals surface area contributed by atoms with Gasteiger partial charge in [-0.1, -0.05) is 25.1 Å². The van der Waals surface area contributed by atoms with Gasteiger partial charge in [-0.2, -0.15) is 10.4 Å². The van der Waals surface area contributed by atoms with E-state index in [4.69, 9.17) is 4.74 Å². The highest BCUT2D eigenvalue weighted by atomic mass is 16.5. The van der Waals surface area contributed by atoms with Crippen LogP contribution < -0.4 is 10.1 Å². The Kier molecular flexibility index (Phi) is 5.35.